The van der Waals surface area contributed by atoms with Crippen LogP contribution < -0.4 is 5.73 Å². The third-order valence-electron chi connectivity index (χ3n) is 4.84. The summed E-state index contributed by atoms with van der Waals surface area (Å²) in [4.78, 5) is 14.0. The average Bonchev–Trinajstić information content (AvgIpc) is 3.46. The molecule has 5 nitrogen and oxygen atoms in total. The molecule has 0 amide bonds. The minimum Gasteiger partial charge on any atom is -0.324 e. The van der Waals surface area contributed by atoms with Gasteiger partial charge in [-0.05, 0) is 24.6 Å². The zero-order valence-electron chi connectivity index (χ0n) is 15.9. The summed E-state index contributed by atoms with van der Waals surface area (Å²) in [5, 5.41) is 2.98. The summed E-state index contributed by atoms with van der Waals surface area (Å²) in [5.74, 6) is 0.858. The first-order valence-corrected chi connectivity index (χ1v) is 11.1. The highest BCUT2D eigenvalue weighted by Gasteiger charge is 2.22. The van der Waals surface area contributed by atoms with Gasteiger partial charge in [-0.15, -0.1) is 22.7 Å². The Morgan fingerprint density at radius 2 is 1.90 bits per heavy atom. The number of nitrogens with zero attached hydrogens (tertiary/aromatic N) is 4. The number of aryl methyl sites for hydroxylation is 1. The van der Waals surface area contributed by atoms with Gasteiger partial charge in [0, 0.05) is 23.2 Å². The van der Waals surface area contributed by atoms with E-state index in [1.807, 2.05) is 18.5 Å². The van der Waals surface area contributed by atoms with Crippen molar-refractivity contribution in [1.82, 2.24) is 19.5 Å². The topological polar surface area (TPSA) is 69.6 Å². The van der Waals surface area contributed by atoms with E-state index in [2.05, 4.69) is 57.4 Å². The fraction of sp³-hybridized carbons (Fsp3) is 0.136. The monoisotopic (exact) mass is 417 g/mol. The smallest absolute Gasteiger partial charge is 0.144 e. The van der Waals surface area contributed by atoms with Crippen molar-refractivity contribution < 1.29 is 0 Å². The number of fused-ring (bicyclic) bond motifs is 1. The van der Waals surface area contributed by atoms with Crippen LogP contribution in [0.3, 0.4) is 0 Å². The molecule has 3 aromatic heterocycles. The predicted octanol–water partition coefficient (Wildman–Crippen LogP) is 5.10. The van der Waals surface area contributed by atoms with Crippen molar-refractivity contribution in [2.24, 2.45) is 5.73 Å². The number of aromatic nitrogens is 4. The second kappa shape index (κ2) is 7.51. The molecular weight excluding hydrogens is 398 g/mol. The van der Waals surface area contributed by atoms with E-state index in [1.54, 1.807) is 22.7 Å². The number of thiazole rings is 2. The molecule has 0 atom stereocenters. The van der Waals surface area contributed by atoms with Crippen molar-refractivity contribution in [1.29, 1.82) is 0 Å². The summed E-state index contributed by atoms with van der Waals surface area (Å²) in [6, 6.07) is 16.8. The van der Waals surface area contributed by atoms with Crippen molar-refractivity contribution in [2.75, 3.05) is 0 Å². The highest BCUT2D eigenvalue weighted by atomic mass is 32.1. The molecule has 0 aliphatic rings. The first-order chi connectivity index (χ1) is 14.2. The van der Waals surface area contributed by atoms with Gasteiger partial charge in [0.25, 0.3) is 0 Å². The fourth-order valence-electron chi connectivity index (χ4n) is 3.50. The number of imidazole rings is 1. The van der Waals surface area contributed by atoms with Gasteiger partial charge in [-0.25, -0.2) is 15.0 Å². The lowest BCUT2D eigenvalue weighted by Gasteiger charge is -2.13. The van der Waals surface area contributed by atoms with Gasteiger partial charge in [0.05, 0.1) is 28.0 Å². The number of nitrogens with two attached hydrogens (primary N) is 1. The molecule has 0 aliphatic heterocycles. The Bertz CT molecular complexity index is 1280. The van der Waals surface area contributed by atoms with E-state index >= 15 is 0 Å². The Hall–Kier alpha value is -2.87. The van der Waals surface area contributed by atoms with E-state index in [1.165, 1.54) is 5.56 Å². The van der Waals surface area contributed by atoms with Crippen LogP contribution in [0.15, 0.2) is 59.4 Å². The van der Waals surface area contributed by atoms with Crippen LogP contribution >= 0.6 is 22.7 Å². The summed E-state index contributed by atoms with van der Waals surface area (Å²) in [7, 11) is 0. The number of hydrogen-bond acceptors (Lipinski definition) is 6. The van der Waals surface area contributed by atoms with E-state index in [9.17, 15) is 0 Å². The van der Waals surface area contributed by atoms with Crippen LogP contribution in [0.1, 0.15) is 17.1 Å². The van der Waals surface area contributed by atoms with Crippen LogP contribution in [0.5, 0.6) is 0 Å². The van der Waals surface area contributed by atoms with Gasteiger partial charge in [-0.3, -0.25) is 0 Å². The van der Waals surface area contributed by atoms with Crippen LogP contribution in [-0.4, -0.2) is 19.5 Å². The van der Waals surface area contributed by atoms with Gasteiger partial charge in [0.1, 0.15) is 16.5 Å². The third-order valence-corrected chi connectivity index (χ3v) is 6.60. The van der Waals surface area contributed by atoms with Gasteiger partial charge >= 0.3 is 0 Å². The highest BCUT2D eigenvalue weighted by molar-refractivity contribution is 7.16. The second-order valence-corrected chi connectivity index (χ2v) is 8.57. The lowest BCUT2D eigenvalue weighted by atomic mass is 10.1. The van der Waals surface area contributed by atoms with Crippen molar-refractivity contribution in [3.63, 3.8) is 0 Å². The van der Waals surface area contributed by atoms with Crippen LogP contribution in [0.25, 0.3) is 32.2 Å². The SMILES string of the molecule is Cc1csc(-c2nc(CN)n(Cc3ccccc3)c2-c2ccc3ncsc3c2)n1. The molecule has 5 rings (SSSR count). The van der Waals surface area contributed by atoms with Gasteiger partial charge in [0.2, 0.25) is 0 Å². The van der Waals surface area contributed by atoms with E-state index in [-0.39, 0.29) is 0 Å². The van der Waals surface area contributed by atoms with Crippen LogP contribution in [-0.2, 0) is 13.1 Å². The Balaban J connectivity index is 1.75. The third kappa shape index (κ3) is 3.37. The predicted molar refractivity (Wildman–Crippen MR) is 120 cm³/mol. The molecule has 2 aromatic carbocycles. The molecule has 144 valence electrons. The maximum Gasteiger partial charge on any atom is 0.144 e. The first-order valence-electron chi connectivity index (χ1n) is 9.32. The summed E-state index contributed by atoms with van der Waals surface area (Å²) in [6.07, 6.45) is 0. The minimum absolute atomic E-state index is 0.368. The maximum atomic E-state index is 6.11. The lowest BCUT2D eigenvalue weighted by Crippen LogP contribution is -2.10. The molecule has 7 heteroatoms. The summed E-state index contributed by atoms with van der Waals surface area (Å²) < 4.78 is 3.38. The molecule has 0 fully saturated rings. The fourth-order valence-corrected chi connectivity index (χ4v) is 5.00. The van der Waals surface area contributed by atoms with E-state index < -0.39 is 0 Å². The molecule has 2 N–H and O–H groups in total. The molecule has 0 spiro atoms. The standard InChI is InChI=1S/C22H19N5S2/c1-14-12-28-22(25-14)20-21(16-7-8-17-18(9-16)29-13-24-17)27(19(10-23)26-20)11-15-5-3-2-4-6-15/h2-9,12-13H,10-11,23H2,1H3. The lowest BCUT2D eigenvalue weighted by molar-refractivity contribution is 0.730. The maximum absolute atomic E-state index is 6.11. The van der Waals surface area contributed by atoms with Gasteiger partial charge in [-0.1, -0.05) is 36.4 Å². The van der Waals surface area contributed by atoms with E-state index in [0.29, 0.717) is 13.1 Å². The molecule has 29 heavy (non-hydrogen) atoms. The molecule has 5 aromatic rings. The normalized spacial score (nSPS) is 11.4. The summed E-state index contributed by atoms with van der Waals surface area (Å²) in [6.45, 7) is 3.08. The molecule has 0 radical (unpaired) electrons. The van der Waals surface area contributed by atoms with E-state index in [4.69, 9.17) is 15.7 Å². The molecule has 3 heterocycles. The van der Waals surface area contributed by atoms with Gasteiger partial charge < -0.3 is 10.3 Å². The van der Waals surface area contributed by atoms with Crippen LogP contribution in [0.2, 0.25) is 0 Å². The Labute approximate surface area is 176 Å². The van der Waals surface area contributed by atoms with Crippen molar-refractivity contribution in [3.05, 3.63) is 76.5 Å². The quantitative estimate of drug-likeness (QED) is 0.432. The largest absolute Gasteiger partial charge is 0.324 e. The Morgan fingerprint density at radius 3 is 2.66 bits per heavy atom. The van der Waals surface area contributed by atoms with Gasteiger partial charge in [0.15, 0.2) is 0 Å². The molecular formula is C22H19N5S2. The Morgan fingerprint density at radius 1 is 1.03 bits per heavy atom. The number of benzene rings is 2. The Kier molecular flexibility index (Phi) is 4.71. The number of hydrogen-bond donors (Lipinski definition) is 1. The van der Waals surface area contributed by atoms with Crippen molar-refractivity contribution in [2.45, 2.75) is 20.0 Å². The number of rotatable bonds is 5. The molecule has 0 aliphatic carbocycles. The summed E-state index contributed by atoms with van der Waals surface area (Å²) in [5.41, 5.74) is 14.3. The first kappa shape index (κ1) is 18.2. The zero-order chi connectivity index (χ0) is 19.8. The van der Waals surface area contributed by atoms with Gasteiger partial charge in [-0.2, -0.15) is 0 Å². The average molecular weight is 418 g/mol. The van der Waals surface area contributed by atoms with Crippen molar-refractivity contribution >= 4 is 32.9 Å². The molecule has 0 saturated carbocycles. The minimum atomic E-state index is 0.368. The van der Waals surface area contributed by atoms with E-state index in [0.717, 1.165) is 43.7 Å². The van der Waals surface area contributed by atoms with Crippen LogP contribution in [0.4, 0.5) is 0 Å². The summed E-state index contributed by atoms with van der Waals surface area (Å²) >= 11 is 3.26. The molecule has 0 bridgehead atoms. The molecule has 0 saturated heterocycles. The second-order valence-electron chi connectivity index (χ2n) is 6.83. The highest BCUT2D eigenvalue weighted by Crippen LogP contribution is 2.36. The van der Waals surface area contributed by atoms with Crippen molar-refractivity contribution in [3.8, 4) is 22.0 Å². The zero-order valence-corrected chi connectivity index (χ0v) is 17.5. The molecule has 0 unspecified atom stereocenters. The van der Waals surface area contributed by atoms with Crippen LogP contribution in [0, 0.1) is 6.92 Å².